The van der Waals surface area contributed by atoms with Gasteiger partial charge in [-0.2, -0.15) is 5.10 Å². The van der Waals surface area contributed by atoms with Crippen molar-refractivity contribution >= 4 is 38.1 Å². The molecule has 2 heterocycles. The molecule has 4 rings (SSSR count). The Balaban J connectivity index is 1.48. The van der Waals surface area contributed by atoms with Crippen LogP contribution in [0.3, 0.4) is 0 Å². The summed E-state index contributed by atoms with van der Waals surface area (Å²) in [6.07, 6.45) is 1.49. The first kappa shape index (κ1) is 24.9. The lowest BCUT2D eigenvalue weighted by molar-refractivity contribution is -0.117. The van der Waals surface area contributed by atoms with E-state index in [1.807, 2.05) is 0 Å². The number of methoxy groups -OCH3 is 2. The second-order valence-electron chi connectivity index (χ2n) is 7.30. The molecular formula is C23H21N5O6S2. The average Bonchev–Trinajstić information content (AvgIpc) is 3.37. The maximum atomic E-state index is 12.6. The molecule has 2 N–H and O–H groups in total. The van der Waals surface area contributed by atoms with Crippen LogP contribution in [0.1, 0.15) is 0 Å². The third-order valence-corrected chi connectivity index (χ3v) is 7.12. The van der Waals surface area contributed by atoms with Gasteiger partial charge in [0.15, 0.2) is 5.13 Å². The number of anilines is 2. The second-order valence-corrected chi connectivity index (χ2v) is 9.87. The number of aromatic nitrogens is 3. The number of nitrogens with zero attached hydrogens (tertiary/aromatic N) is 3. The van der Waals surface area contributed by atoms with Crippen LogP contribution in [0.25, 0.3) is 11.3 Å². The zero-order valence-corrected chi connectivity index (χ0v) is 20.8. The average molecular weight is 528 g/mol. The van der Waals surface area contributed by atoms with Crippen LogP contribution in [0, 0.1) is 0 Å². The summed E-state index contributed by atoms with van der Waals surface area (Å²) in [6.45, 7) is -0.357. The molecule has 0 spiro atoms. The summed E-state index contributed by atoms with van der Waals surface area (Å²) < 4.78 is 38.9. The molecule has 2 aromatic heterocycles. The van der Waals surface area contributed by atoms with Crippen molar-refractivity contribution in [2.45, 2.75) is 11.4 Å². The minimum absolute atomic E-state index is 0.00789. The van der Waals surface area contributed by atoms with Gasteiger partial charge in [-0.3, -0.25) is 14.3 Å². The molecule has 0 saturated carbocycles. The van der Waals surface area contributed by atoms with Crippen molar-refractivity contribution in [1.82, 2.24) is 14.8 Å². The van der Waals surface area contributed by atoms with Crippen molar-refractivity contribution in [2.24, 2.45) is 0 Å². The largest absolute Gasteiger partial charge is 0.497 e. The summed E-state index contributed by atoms with van der Waals surface area (Å²) in [5.41, 5.74) is 0.895. The minimum atomic E-state index is -3.81. The first-order valence-corrected chi connectivity index (χ1v) is 12.8. The van der Waals surface area contributed by atoms with Crippen LogP contribution < -0.4 is 25.1 Å². The fourth-order valence-corrected chi connectivity index (χ4v) is 5.01. The molecule has 0 atom stereocenters. The molecule has 0 saturated heterocycles. The summed E-state index contributed by atoms with van der Waals surface area (Å²) in [4.78, 5) is 28.9. The summed E-state index contributed by atoms with van der Waals surface area (Å²) in [6, 6.07) is 13.6. The van der Waals surface area contributed by atoms with Crippen molar-refractivity contribution in [1.29, 1.82) is 0 Å². The normalized spacial score (nSPS) is 11.1. The third kappa shape index (κ3) is 5.70. The van der Waals surface area contributed by atoms with Crippen LogP contribution in [0.15, 0.2) is 75.9 Å². The zero-order chi connectivity index (χ0) is 25.7. The van der Waals surface area contributed by atoms with E-state index in [-0.39, 0.29) is 16.6 Å². The van der Waals surface area contributed by atoms with E-state index in [0.29, 0.717) is 28.4 Å². The molecule has 0 aliphatic carbocycles. The lowest BCUT2D eigenvalue weighted by atomic mass is 10.1. The summed E-state index contributed by atoms with van der Waals surface area (Å²) in [5.74, 6) is 0.587. The van der Waals surface area contributed by atoms with E-state index in [4.69, 9.17) is 9.47 Å². The van der Waals surface area contributed by atoms with Crippen molar-refractivity contribution in [3.8, 4) is 22.8 Å². The van der Waals surface area contributed by atoms with E-state index in [1.165, 1.54) is 56.8 Å². The quantitative estimate of drug-likeness (QED) is 0.338. The predicted molar refractivity (Wildman–Crippen MR) is 135 cm³/mol. The van der Waals surface area contributed by atoms with E-state index in [0.717, 1.165) is 16.0 Å². The van der Waals surface area contributed by atoms with E-state index < -0.39 is 21.5 Å². The Hall–Kier alpha value is -4.23. The minimum Gasteiger partial charge on any atom is -0.497 e. The number of benzene rings is 2. The lowest BCUT2D eigenvalue weighted by Crippen LogP contribution is -2.29. The van der Waals surface area contributed by atoms with Gasteiger partial charge >= 0.3 is 0 Å². The van der Waals surface area contributed by atoms with Gasteiger partial charge in [0, 0.05) is 28.9 Å². The van der Waals surface area contributed by atoms with Crippen LogP contribution in [0.2, 0.25) is 0 Å². The Morgan fingerprint density at radius 2 is 1.83 bits per heavy atom. The molecule has 186 valence electrons. The molecule has 0 bridgehead atoms. The van der Waals surface area contributed by atoms with Gasteiger partial charge in [0.25, 0.3) is 15.6 Å². The van der Waals surface area contributed by atoms with Crippen LogP contribution >= 0.6 is 11.3 Å². The van der Waals surface area contributed by atoms with Crippen LogP contribution in [0.5, 0.6) is 11.5 Å². The fraction of sp³-hybridized carbons (Fsp3) is 0.130. The number of carbonyl (C=O) groups excluding carboxylic acids is 1. The molecule has 4 aromatic rings. The molecule has 11 nitrogen and oxygen atoms in total. The maximum Gasteiger partial charge on any atom is 0.267 e. The SMILES string of the molecule is COc1ccc(OC)c(-c2ccc(=O)n(CC(=O)Nc3ccc(S(=O)(=O)Nc4nccs4)cc3)n2)c1. The number of amides is 1. The van der Waals surface area contributed by atoms with Gasteiger partial charge in [-0.05, 0) is 48.5 Å². The molecule has 0 unspecified atom stereocenters. The topological polar surface area (TPSA) is 142 Å². The molecule has 2 aromatic carbocycles. The maximum absolute atomic E-state index is 12.6. The molecular weight excluding hydrogens is 506 g/mol. The first-order valence-electron chi connectivity index (χ1n) is 10.4. The molecule has 36 heavy (non-hydrogen) atoms. The van der Waals surface area contributed by atoms with Crippen LogP contribution in [-0.4, -0.2) is 43.3 Å². The lowest BCUT2D eigenvalue weighted by Gasteiger charge is -2.12. The molecule has 13 heteroatoms. The Labute approximate surface area is 210 Å². The number of ether oxygens (including phenoxy) is 2. The molecule has 0 radical (unpaired) electrons. The Kier molecular flexibility index (Phi) is 7.31. The van der Waals surface area contributed by atoms with Crippen molar-refractivity contribution in [3.63, 3.8) is 0 Å². The highest BCUT2D eigenvalue weighted by atomic mass is 32.2. The van der Waals surface area contributed by atoms with Gasteiger partial charge in [-0.25, -0.2) is 18.1 Å². The summed E-state index contributed by atoms with van der Waals surface area (Å²) >= 11 is 1.16. The summed E-state index contributed by atoms with van der Waals surface area (Å²) in [7, 11) is -0.768. The third-order valence-electron chi connectivity index (χ3n) is 4.94. The number of thiazole rings is 1. The monoisotopic (exact) mass is 527 g/mol. The Morgan fingerprint density at radius 1 is 1.06 bits per heavy atom. The molecule has 0 fully saturated rings. The van der Waals surface area contributed by atoms with Gasteiger partial charge in [0.2, 0.25) is 5.91 Å². The van der Waals surface area contributed by atoms with E-state index in [9.17, 15) is 18.0 Å². The molecule has 1 amide bonds. The van der Waals surface area contributed by atoms with Crippen LogP contribution in [-0.2, 0) is 21.4 Å². The number of hydrogen-bond acceptors (Lipinski definition) is 9. The second kappa shape index (κ2) is 10.6. The standard InChI is InChI=1S/C23H21N5O6S2/c1-33-16-5-9-20(34-2)18(13-16)19-8-10-22(30)28(26-19)14-21(29)25-15-3-6-17(7-4-15)36(31,32)27-23-24-11-12-35-23/h3-13H,14H2,1-2H3,(H,24,27)(H,25,29). The van der Waals surface area contributed by atoms with E-state index >= 15 is 0 Å². The van der Waals surface area contributed by atoms with Gasteiger partial charge in [-0.15, -0.1) is 11.3 Å². The van der Waals surface area contributed by atoms with Crippen molar-refractivity contribution in [2.75, 3.05) is 24.3 Å². The highest BCUT2D eigenvalue weighted by Gasteiger charge is 2.16. The molecule has 0 aliphatic heterocycles. The zero-order valence-electron chi connectivity index (χ0n) is 19.2. The first-order chi connectivity index (χ1) is 17.3. The van der Waals surface area contributed by atoms with E-state index in [2.05, 4.69) is 20.1 Å². The van der Waals surface area contributed by atoms with Gasteiger partial charge < -0.3 is 14.8 Å². The number of sulfonamides is 1. The highest BCUT2D eigenvalue weighted by molar-refractivity contribution is 7.93. The number of rotatable bonds is 9. The Morgan fingerprint density at radius 3 is 2.50 bits per heavy atom. The fourth-order valence-electron chi connectivity index (χ4n) is 3.22. The molecule has 0 aliphatic rings. The smallest absolute Gasteiger partial charge is 0.267 e. The highest BCUT2D eigenvalue weighted by Crippen LogP contribution is 2.31. The van der Waals surface area contributed by atoms with Gasteiger partial charge in [-0.1, -0.05) is 0 Å². The number of nitrogens with one attached hydrogen (secondary N) is 2. The van der Waals surface area contributed by atoms with Crippen LogP contribution in [0.4, 0.5) is 10.8 Å². The number of hydrogen-bond donors (Lipinski definition) is 2. The number of carbonyl (C=O) groups is 1. The summed E-state index contributed by atoms with van der Waals surface area (Å²) in [5, 5.41) is 8.84. The van der Waals surface area contributed by atoms with Crippen molar-refractivity contribution < 1.29 is 22.7 Å². The van der Waals surface area contributed by atoms with Gasteiger partial charge in [0.1, 0.15) is 18.0 Å². The predicted octanol–water partition coefficient (Wildman–Crippen LogP) is 2.82. The Bertz CT molecular complexity index is 1530. The van der Waals surface area contributed by atoms with E-state index in [1.54, 1.807) is 23.6 Å². The van der Waals surface area contributed by atoms with Crippen molar-refractivity contribution in [3.05, 3.63) is 76.5 Å². The van der Waals surface area contributed by atoms with Gasteiger partial charge in [0.05, 0.1) is 24.8 Å².